The second-order valence-electron chi connectivity index (χ2n) is 8.44. The molecule has 0 spiro atoms. The van der Waals surface area contributed by atoms with Gasteiger partial charge < -0.3 is 8.99 Å². The minimum atomic E-state index is -2.73. The van der Waals surface area contributed by atoms with Crippen LogP contribution in [0.15, 0.2) is 60.7 Å². The third-order valence-electron chi connectivity index (χ3n) is 6.48. The summed E-state index contributed by atoms with van der Waals surface area (Å²) in [5, 5.41) is 1.88. The molecule has 2 nitrogen and oxygen atoms in total. The highest BCUT2D eigenvalue weighted by molar-refractivity contribution is 7.78. The summed E-state index contributed by atoms with van der Waals surface area (Å²) in [5.74, 6) is 0.176. The summed E-state index contributed by atoms with van der Waals surface area (Å²) >= 11 is 0. The summed E-state index contributed by atoms with van der Waals surface area (Å²) in [5.41, 5.74) is -0.298. The second kappa shape index (κ2) is 9.56. The molecule has 0 aliphatic heterocycles. The van der Waals surface area contributed by atoms with Gasteiger partial charge in [-0.25, -0.2) is 0 Å². The van der Waals surface area contributed by atoms with Gasteiger partial charge in [-0.2, -0.15) is 0 Å². The van der Waals surface area contributed by atoms with Crippen molar-refractivity contribution >= 4 is 26.1 Å². The Hall–Kier alpha value is -1.15. The van der Waals surface area contributed by atoms with Crippen LogP contribution >= 0.6 is 7.14 Å². The lowest BCUT2D eigenvalue weighted by Gasteiger charge is -2.42. The van der Waals surface area contributed by atoms with Crippen molar-refractivity contribution in [1.82, 2.24) is 0 Å². The van der Waals surface area contributed by atoms with Crippen molar-refractivity contribution < 1.29 is 8.99 Å². The van der Waals surface area contributed by atoms with Gasteiger partial charge >= 0.3 is 0 Å². The Balaban J connectivity index is 2.38. The molecule has 2 aromatic rings. The molecule has 0 aliphatic rings. The normalized spacial score (nSPS) is 14.1. The molecular weight excluding hydrogens is 379 g/mol. The average Bonchev–Trinajstić information content (AvgIpc) is 2.73. The number of hydrogen-bond donors (Lipinski definition) is 0. The minimum Gasteiger partial charge on any atom is -0.412 e. The molecule has 1 unspecified atom stereocenters. The van der Waals surface area contributed by atoms with Crippen LogP contribution in [0.1, 0.15) is 41.5 Å². The van der Waals surface area contributed by atoms with Gasteiger partial charge in [-0.15, -0.1) is 0 Å². The van der Waals surface area contributed by atoms with E-state index in [9.17, 15) is 4.57 Å². The Morgan fingerprint density at radius 2 is 1.25 bits per heavy atom. The smallest absolute Gasteiger partial charge is 0.192 e. The molecule has 0 radical (unpaired) electrons. The second-order valence-corrected chi connectivity index (χ2v) is 16.0. The van der Waals surface area contributed by atoms with Crippen LogP contribution < -0.4 is 10.6 Å². The van der Waals surface area contributed by atoms with E-state index in [2.05, 4.69) is 41.5 Å². The van der Waals surface area contributed by atoms with E-state index in [1.165, 1.54) is 0 Å². The van der Waals surface area contributed by atoms with Crippen molar-refractivity contribution in [3.05, 3.63) is 60.7 Å². The molecule has 0 heterocycles. The van der Waals surface area contributed by atoms with Crippen LogP contribution in [0.5, 0.6) is 0 Å². The van der Waals surface area contributed by atoms with Crippen LogP contribution in [-0.2, 0) is 8.99 Å². The lowest BCUT2D eigenvalue weighted by molar-refractivity contribution is 0.0488. The molecule has 1 atom stereocenters. The van der Waals surface area contributed by atoms with Crippen LogP contribution in [0, 0.1) is 5.92 Å². The van der Waals surface area contributed by atoms with E-state index in [0.29, 0.717) is 6.16 Å². The quantitative estimate of drug-likeness (QED) is 0.329. The maximum atomic E-state index is 14.4. The van der Waals surface area contributed by atoms with Crippen LogP contribution in [0.3, 0.4) is 0 Å². The summed E-state index contributed by atoms with van der Waals surface area (Å²) < 4.78 is 21.3. The molecule has 2 aromatic carbocycles. The Morgan fingerprint density at radius 3 is 1.61 bits per heavy atom. The van der Waals surface area contributed by atoms with Crippen LogP contribution in [0.2, 0.25) is 18.1 Å². The molecule has 0 fully saturated rings. The van der Waals surface area contributed by atoms with Crippen molar-refractivity contribution in [2.45, 2.75) is 65.3 Å². The Bertz CT molecular complexity index is 718. The molecule has 0 amide bonds. The summed E-state index contributed by atoms with van der Waals surface area (Å²) in [4.78, 5) is 0. The molecule has 0 aliphatic carbocycles. The van der Waals surface area contributed by atoms with E-state index in [1.54, 1.807) is 0 Å². The van der Waals surface area contributed by atoms with Gasteiger partial charge in [0.15, 0.2) is 8.32 Å². The van der Waals surface area contributed by atoms with Gasteiger partial charge in [0.2, 0.25) is 0 Å². The van der Waals surface area contributed by atoms with Crippen molar-refractivity contribution in [3.63, 3.8) is 0 Å². The van der Waals surface area contributed by atoms with Crippen molar-refractivity contribution in [3.8, 4) is 0 Å². The Kier molecular flexibility index (Phi) is 7.90. The fraction of sp³-hybridized carbons (Fsp3) is 0.500. The molecule has 0 saturated heterocycles. The fourth-order valence-corrected chi connectivity index (χ4v) is 10.4. The molecule has 2 rings (SSSR count). The highest BCUT2D eigenvalue weighted by atomic mass is 31.2. The zero-order valence-electron chi connectivity index (χ0n) is 18.4. The first-order valence-corrected chi connectivity index (χ1v) is 15.1. The number of benzene rings is 2. The Labute approximate surface area is 173 Å². The molecule has 4 heteroatoms. The summed E-state index contributed by atoms with van der Waals surface area (Å²) in [6.07, 6.45) is 0.621. The molecule has 28 heavy (non-hydrogen) atoms. The van der Waals surface area contributed by atoms with E-state index < -0.39 is 15.5 Å². The van der Waals surface area contributed by atoms with Gasteiger partial charge in [0.25, 0.3) is 0 Å². The first-order valence-electron chi connectivity index (χ1n) is 10.6. The van der Waals surface area contributed by atoms with E-state index in [1.807, 2.05) is 60.7 Å². The van der Waals surface area contributed by atoms with E-state index in [4.69, 9.17) is 4.43 Å². The highest BCUT2D eigenvalue weighted by Crippen LogP contribution is 2.48. The molecule has 0 bridgehead atoms. The highest BCUT2D eigenvalue weighted by Gasteiger charge is 2.41. The lowest BCUT2D eigenvalue weighted by atomic mass is 9.95. The first-order chi connectivity index (χ1) is 13.2. The van der Waals surface area contributed by atoms with Crippen molar-refractivity contribution in [2.75, 3.05) is 6.16 Å². The molecule has 154 valence electrons. The Morgan fingerprint density at radius 1 is 0.857 bits per heavy atom. The number of rotatable bonds is 10. The number of hydrogen-bond acceptors (Lipinski definition) is 2. The zero-order valence-corrected chi connectivity index (χ0v) is 20.3. The van der Waals surface area contributed by atoms with Gasteiger partial charge in [0.05, 0.1) is 5.60 Å². The van der Waals surface area contributed by atoms with Crippen LogP contribution in [0.25, 0.3) is 0 Å². The zero-order chi connectivity index (χ0) is 20.8. The summed E-state index contributed by atoms with van der Waals surface area (Å²) in [7, 11) is -4.47. The maximum Gasteiger partial charge on any atom is 0.192 e. The van der Waals surface area contributed by atoms with Crippen LogP contribution in [-0.4, -0.2) is 20.1 Å². The molecule has 0 N–H and O–H groups in total. The van der Waals surface area contributed by atoms with Gasteiger partial charge in [0, 0.05) is 16.8 Å². The summed E-state index contributed by atoms with van der Waals surface area (Å²) in [6, 6.07) is 23.4. The standard InChI is InChI=1S/C24H37O2PSi/c1-7-28(8-2,9-3)26-24(5,6)21(4)20-27(25,22-16-12-10-13-17-22)23-18-14-11-15-19-23/h10-19,21H,7-9,20H2,1-6H3. The fourth-order valence-electron chi connectivity index (χ4n) is 3.93. The van der Waals surface area contributed by atoms with Gasteiger partial charge in [0.1, 0.15) is 7.14 Å². The van der Waals surface area contributed by atoms with E-state index in [0.717, 1.165) is 28.7 Å². The topological polar surface area (TPSA) is 26.3 Å². The largest absolute Gasteiger partial charge is 0.412 e. The van der Waals surface area contributed by atoms with Gasteiger partial charge in [-0.3, -0.25) is 0 Å². The predicted octanol–water partition coefficient (Wildman–Crippen LogP) is 6.44. The molecule has 0 saturated carbocycles. The van der Waals surface area contributed by atoms with Crippen molar-refractivity contribution in [1.29, 1.82) is 0 Å². The average molecular weight is 417 g/mol. The van der Waals surface area contributed by atoms with E-state index >= 15 is 0 Å². The molecular formula is C24H37O2PSi. The predicted molar refractivity (Wildman–Crippen MR) is 126 cm³/mol. The molecule has 0 aromatic heterocycles. The third kappa shape index (κ3) is 5.06. The maximum absolute atomic E-state index is 14.4. The van der Waals surface area contributed by atoms with Crippen molar-refractivity contribution in [2.24, 2.45) is 5.92 Å². The SMILES string of the molecule is CC[Si](CC)(CC)OC(C)(C)C(C)CP(=O)(c1ccccc1)c1ccccc1. The lowest BCUT2D eigenvalue weighted by Crippen LogP contribution is -2.48. The third-order valence-corrected chi connectivity index (χ3v) is 14.6. The van der Waals surface area contributed by atoms with Crippen LogP contribution in [0.4, 0.5) is 0 Å². The monoisotopic (exact) mass is 416 g/mol. The summed E-state index contributed by atoms with van der Waals surface area (Å²) in [6.45, 7) is 13.4. The first kappa shape index (κ1) is 23.1. The van der Waals surface area contributed by atoms with E-state index in [-0.39, 0.29) is 11.5 Å². The minimum absolute atomic E-state index is 0.176. The van der Waals surface area contributed by atoms with Gasteiger partial charge in [-0.05, 0) is 37.9 Å². The van der Waals surface area contributed by atoms with Gasteiger partial charge in [-0.1, -0.05) is 88.4 Å².